The number of halogens is 1. The van der Waals surface area contributed by atoms with Gasteiger partial charge in [0, 0.05) is 25.0 Å². The van der Waals surface area contributed by atoms with Gasteiger partial charge in [0.1, 0.15) is 11.4 Å². The van der Waals surface area contributed by atoms with E-state index in [1.807, 2.05) is 29.3 Å². The molecule has 6 nitrogen and oxygen atoms in total. The van der Waals surface area contributed by atoms with Crippen molar-refractivity contribution in [1.82, 2.24) is 24.5 Å². The molecule has 0 bridgehead atoms. The summed E-state index contributed by atoms with van der Waals surface area (Å²) >= 11 is 1.58. The van der Waals surface area contributed by atoms with Crippen molar-refractivity contribution in [2.45, 2.75) is 44.8 Å². The number of hydrogen-bond donors (Lipinski definition) is 0. The quantitative estimate of drug-likeness (QED) is 0.557. The third-order valence-corrected chi connectivity index (χ3v) is 4.93. The summed E-state index contributed by atoms with van der Waals surface area (Å²) in [7, 11) is 0. The predicted octanol–water partition coefficient (Wildman–Crippen LogP) is 4.01. The van der Waals surface area contributed by atoms with E-state index in [2.05, 4.69) is 22.2 Å². The molecule has 0 spiro atoms. The van der Waals surface area contributed by atoms with Gasteiger partial charge in [-0.3, -0.25) is 4.68 Å². The van der Waals surface area contributed by atoms with Gasteiger partial charge >= 0.3 is 0 Å². The zero-order chi connectivity index (χ0) is 18.5. The van der Waals surface area contributed by atoms with Crippen LogP contribution in [0.25, 0.3) is 11.4 Å². The molecular weight excluding hydrogens is 353 g/mol. The normalized spacial score (nSPS) is 11.1. The predicted molar refractivity (Wildman–Crippen MR) is 99.7 cm³/mol. The fourth-order valence-corrected chi connectivity index (χ4v) is 3.53. The first kappa shape index (κ1) is 18.4. The zero-order valence-electron chi connectivity index (χ0n) is 15.1. The minimum absolute atomic E-state index is 0.228. The molecule has 0 radical (unpaired) electrons. The molecule has 0 amide bonds. The topological polar surface area (TPSA) is 57.8 Å². The van der Waals surface area contributed by atoms with E-state index in [0.717, 1.165) is 35.2 Å². The molecule has 2 aromatic heterocycles. The Balaban J connectivity index is 1.86. The second-order valence-electron chi connectivity index (χ2n) is 5.60. The second kappa shape index (κ2) is 8.35. The van der Waals surface area contributed by atoms with E-state index in [1.54, 1.807) is 23.9 Å². The summed E-state index contributed by atoms with van der Waals surface area (Å²) in [5, 5.41) is 14.0. The van der Waals surface area contributed by atoms with Crippen LogP contribution < -0.4 is 4.74 Å². The van der Waals surface area contributed by atoms with Gasteiger partial charge in [-0.25, -0.2) is 4.39 Å². The largest absolute Gasteiger partial charge is 0.476 e. The summed E-state index contributed by atoms with van der Waals surface area (Å²) in [6, 6.07) is 6.52. The molecule has 0 fully saturated rings. The van der Waals surface area contributed by atoms with E-state index in [-0.39, 0.29) is 5.82 Å². The summed E-state index contributed by atoms with van der Waals surface area (Å²) < 4.78 is 22.6. The van der Waals surface area contributed by atoms with E-state index >= 15 is 0 Å². The van der Waals surface area contributed by atoms with Crippen LogP contribution in [0.2, 0.25) is 0 Å². The highest BCUT2D eigenvalue weighted by Crippen LogP contribution is 2.31. The van der Waals surface area contributed by atoms with Gasteiger partial charge < -0.3 is 9.30 Å². The first-order chi connectivity index (χ1) is 12.7. The number of rotatable bonds is 8. The lowest BCUT2D eigenvalue weighted by atomic mass is 10.2. The van der Waals surface area contributed by atoms with Crippen LogP contribution in [-0.2, 0) is 18.8 Å². The molecule has 138 valence electrons. The minimum Gasteiger partial charge on any atom is -0.476 e. The fourth-order valence-electron chi connectivity index (χ4n) is 2.57. The molecule has 0 N–H and O–H groups in total. The van der Waals surface area contributed by atoms with Gasteiger partial charge in [0.05, 0.1) is 6.61 Å². The number of thioether (sulfide) groups is 1. The van der Waals surface area contributed by atoms with Crippen LogP contribution in [0.4, 0.5) is 4.39 Å². The van der Waals surface area contributed by atoms with E-state index < -0.39 is 0 Å². The second-order valence-corrected chi connectivity index (χ2v) is 6.54. The van der Waals surface area contributed by atoms with E-state index in [9.17, 15) is 4.39 Å². The van der Waals surface area contributed by atoms with Crippen LogP contribution in [0.5, 0.6) is 5.88 Å². The number of nitrogens with zero attached hydrogens (tertiary/aromatic N) is 5. The Morgan fingerprint density at radius 3 is 2.50 bits per heavy atom. The monoisotopic (exact) mass is 375 g/mol. The number of benzene rings is 1. The van der Waals surface area contributed by atoms with Gasteiger partial charge in [0.15, 0.2) is 11.0 Å². The molecule has 26 heavy (non-hydrogen) atoms. The summed E-state index contributed by atoms with van der Waals surface area (Å²) in [6.45, 7) is 8.05. The molecule has 3 aromatic rings. The Hall–Kier alpha value is -2.35. The van der Waals surface area contributed by atoms with E-state index in [0.29, 0.717) is 18.2 Å². The molecular formula is C18H22FN5OS. The third-order valence-electron chi connectivity index (χ3n) is 3.89. The Labute approximate surface area is 156 Å². The van der Waals surface area contributed by atoms with E-state index in [1.165, 1.54) is 12.1 Å². The van der Waals surface area contributed by atoms with Crippen molar-refractivity contribution in [1.29, 1.82) is 0 Å². The standard InChI is InChI=1S/C18H22FN5OS/c1-4-23-11-15(17(22-23)25-6-3)16-20-21-18(24(16)5-2)26-12-13-7-9-14(19)10-8-13/h7-11H,4-6,12H2,1-3H3. The van der Waals surface area contributed by atoms with Gasteiger partial charge in [0.2, 0.25) is 5.88 Å². The van der Waals surface area contributed by atoms with Crippen LogP contribution in [0.3, 0.4) is 0 Å². The Kier molecular flexibility index (Phi) is 5.92. The molecule has 0 saturated carbocycles. The summed E-state index contributed by atoms with van der Waals surface area (Å²) in [4.78, 5) is 0. The zero-order valence-corrected chi connectivity index (χ0v) is 16.0. The average molecular weight is 375 g/mol. The molecule has 0 aliphatic carbocycles. The minimum atomic E-state index is -0.228. The van der Waals surface area contributed by atoms with Gasteiger partial charge in [-0.15, -0.1) is 15.3 Å². The first-order valence-electron chi connectivity index (χ1n) is 8.67. The lowest BCUT2D eigenvalue weighted by Gasteiger charge is -2.07. The Bertz CT molecular complexity index is 859. The summed E-state index contributed by atoms with van der Waals surface area (Å²) in [6.07, 6.45) is 1.94. The lowest BCUT2D eigenvalue weighted by molar-refractivity contribution is 0.322. The summed E-state index contributed by atoms with van der Waals surface area (Å²) in [5.41, 5.74) is 1.88. The molecule has 0 saturated heterocycles. The maximum atomic E-state index is 13.0. The average Bonchev–Trinajstić information content (AvgIpc) is 3.24. The van der Waals surface area contributed by atoms with Crippen molar-refractivity contribution >= 4 is 11.8 Å². The smallest absolute Gasteiger partial charge is 0.243 e. The van der Waals surface area contributed by atoms with Crippen molar-refractivity contribution < 1.29 is 9.13 Å². The molecule has 0 unspecified atom stereocenters. The molecule has 0 atom stereocenters. The van der Waals surface area contributed by atoms with Crippen LogP contribution in [0.1, 0.15) is 26.3 Å². The lowest BCUT2D eigenvalue weighted by Crippen LogP contribution is -2.01. The number of ether oxygens (including phenoxy) is 1. The van der Waals surface area contributed by atoms with Crippen molar-refractivity contribution in [3.05, 3.63) is 41.8 Å². The van der Waals surface area contributed by atoms with Gasteiger partial charge in [-0.1, -0.05) is 23.9 Å². The molecule has 8 heteroatoms. The van der Waals surface area contributed by atoms with Crippen LogP contribution in [0, 0.1) is 5.82 Å². The number of hydrogen-bond acceptors (Lipinski definition) is 5. The maximum Gasteiger partial charge on any atom is 0.243 e. The van der Waals surface area contributed by atoms with Crippen molar-refractivity contribution in [3.63, 3.8) is 0 Å². The Morgan fingerprint density at radius 1 is 1.08 bits per heavy atom. The summed E-state index contributed by atoms with van der Waals surface area (Å²) in [5.74, 6) is 1.79. The maximum absolute atomic E-state index is 13.0. The first-order valence-corrected chi connectivity index (χ1v) is 9.65. The highest BCUT2D eigenvalue weighted by Gasteiger charge is 2.20. The molecule has 2 heterocycles. The van der Waals surface area contributed by atoms with Crippen LogP contribution >= 0.6 is 11.8 Å². The van der Waals surface area contributed by atoms with Gasteiger partial charge in [0.25, 0.3) is 0 Å². The van der Waals surface area contributed by atoms with Crippen molar-refractivity contribution in [2.75, 3.05) is 6.61 Å². The third kappa shape index (κ3) is 3.90. The molecule has 3 rings (SSSR count). The molecule has 0 aliphatic rings. The van der Waals surface area contributed by atoms with Gasteiger partial charge in [-0.2, -0.15) is 0 Å². The van der Waals surface area contributed by atoms with E-state index in [4.69, 9.17) is 4.74 Å². The highest BCUT2D eigenvalue weighted by molar-refractivity contribution is 7.98. The van der Waals surface area contributed by atoms with Gasteiger partial charge in [-0.05, 0) is 38.5 Å². The SMILES string of the molecule is CCOc1nn(CC)cc1-c1nnc(SCc2ccc(F)cc2)n1CC. The van der Waals surface area contributed by atoms with Crippen molar-refractivity contribution in [2.24, 2.45) is 0 Å². The van der Waals surface area contributed by atoms with Crippen molar-refractivity contribution in [3.8, 4) is 17.3 Å². The molecule has 0 aliphatic heterocycles. The Morgan fingerprint density at radius 2 is 1.85 bits per heavy atom. The highest BCUT2D eigenvalue weighted by atomic mass is 32.2. The molecule has 1 aromatic carbocycles. The fraction of sp³-hybridized carbons (Fsp3) is 0.389. The number of aryl methyl sites for hydroxylation is 1. The van der Waals surface area contributed by atoms with Crippen LogP contribution in [-0.4, -0.2) is 31.2 Å². The van der Waals surface area contributed by atoms with Crippen LogP contribution in [0.15, 0.2) is 35.6 Å². The number of aromatic nitrogens is 5.